The number of hydrogen-bond acceptors (Lipinski definition) is 4. The maximum absolute atomic E-state index is 5.77. The minimum Gasteiger partial charge on any atom is -0.492 e. The average molecular weight is 246 g/mol. The van der Waals surface area contributed by atoms with Gasteiger partial charge in [0.25, 0.3) is 0 Å². The number of benzene rings is 1. The molecule has 0 spiro atoms. The minimum atomic E-state index is 0.0928. The third-order valence-corrected chi connectivity index (χ3v) is 2.72. The Labute approximate surface area is 107 Å². The zero-order chi connectivity index (χ0) is 12.8. The van der Waals surface area contributed by atoms with Crippen LogP contribution < -0.4 is 10.1 Å². The topological polar surface area (TPSA) is 52.0 Å². The van der Waals surface area contributed by atoms with Gasteiger partial charge in [-0.25, -0.2) is 0 Å². The van der Waals surface area contributed by atoms with Crippen molar-refractivity contribution in [3.05, 3.63) is 42.2 Å². The fraction of sp³-hybridized carbons (Fsp3) is 0.385. The second-order valence-corrected chi connectivity index (χ2v) is 4.02. The number of hydrogen-bond donors (Lipinski definition) is 1. The summed E-state index contributed by atoms with van der Waals surface area (Å²) in [7, 11) is 1.88. The van der Waals surface area contributed by atoms with Gasteiger partial charge in [-0.05, 0) is 18.7 Å². The number of ether oxygens (including phenoxy) is 1. The van der Waals surface area contributed by atoms with E-state index in [-0.39, 0.29) is 6.04 Å². The van der Waals surface area contributed by atoms with Gasteiger partial charge in [0.15, 0.2) is 0 Å². The molecule has 0 amide bonds. The minimum absolute atomic E-state index is 0.0928. The van der Waals surface area contributed by atoms with E-state index in [1.165, 1.54) is 0 Å². The first-order chi connectivity index (χ1) is 8.81. The van der Waals surface area contributed by atoms with Gasteiger partial charge in [-0.2, -0.15) is 0 Å². The molecule has 1 unspecified atom stereocenters. The fourth-order valence-electron chi connectivity index (χ4n) is 1.80. The molecule has 0 aliphatic heterocycles. The van der Waals surface area contributed by atoms with E-state index >= 15 is 0 Å². The highest BCUT2D eigenvalue weighted by atomic mass is 16.5. The van der Waals surface area contributed by atoms with Crippen LogP contribution in [0.25, 0.3) is 0 Å². The standard InChI is InChI=1S/C13H18N4O/c1-3-14-12(13-9-15-16-17(13)2)10-18-11-7-5-4-6-8-11/h4-9,12,14H,3,10H2,1-2H3. The molecule has 0 bridgehead atoms. The third-order valence-electron chi connectivity index (χ3n) is 2.72. The third kappa shape index (κ3) is 3.07. The zero-order valence-corrected chi connectivity index (χ0v) is 10.7. The predicted octanol–water partition coefficient (Wildman–Crippen LogP) is 1.54. The number of para-hydroxylation sites is 1. The molecular weight excluding hydrogens is 228 g/mol. The molecule has 0 fully saturated rings. The van der Waals surface area contributed by atoms with Gasteiger partial charge in [0.1, 0.15) is 12.4 Å². The maximum atomic E-state index is 5.77. The van der Waals surface area contributed by atoms with Crippen LogP contribution in [0.4, 0.5) is 0 Å². The second-order valence-electron chi connectivity index (χ2n) is 4.02. The van der Waals surface area contributed by atoms with Crippen molar-refractivity contribution in [3.63, 3.8) is 0 Å². The van der Waals surface area contributed by atoms with Gasteiger partial charge in [0.2, 0.25) is 0 Å². The SMILES string of the molecule is CCNC(COc1ccccc1)c1cnnn1C. The Morgan fingerprint density at radius 2 is 2.11 bits per heavy atom. The number of likely N-dealkylation sites (N-methyl/N-ethyl adjacent to an activating group) is 1. The molecule has 0 radical (unpaired) electrons. The normalized spacial score (nSPS) is 12.3. The molecule has 0 aliphatic carbocycles. The van der Waals surface area contributed by atoms with Crippen LogP contribution in [0.15, 0.2) is 36.5 Å². The Bertz CT molecular complexity index is 469. The van der Waals surface area contributed by atoms with E-state index in [1.54, 1.807) is 10.9 Å². The van der Waals surface area contributed by atoms with Gasteiger partial charge in [-0.1, -0.05) is 30.3 Å². The first kappa shape index (κ1) is 12.6. The number of rotatable bonds is 6. The van der Waals surface area contributed by atoms with Crippen LogP contribution in [0.2, 0.25) is 0 Å². The highest BCUT2D eigenvalue weighted by Crippen LogP contribution is 2.14. The van der Waals surface area contributed by atoms with Crippen LogP contribution >= 0.6 is 0 Å². The first-order valence-electron chi connectivity index (χ1n) is 6.07. The second kappa shape index (κ2) is 6.16. The van der Waals surface area contributed by atoms with Crippen LogP contribution in [-0.2, 0) is 7.05 Å². The van der Waals surface area contributed by atoms with Crippen molar-refractivity contribution in [1.29, 1.82) is 0 Å². The van der Waals surface area contributed by atoms with E-state index in [2.05, 4.69) is 22.6 Å². The number of nitrogens with zero attached hydrogens (tertiary/aromatic N) is 3. The van der Waals surface area contributed by atoms with Crippen molar-refractivity contribution < 1.29 is 4.74 Å². The van der Waals surface area contributed by atoms with E-state index in [1.807, 2.05) is 37.4 Å². The van der Waals surface area contributed by atoms with Gasteiger partial charge < -0.3 is 10.1 Å². The first-order valence-corrected chi connectivity index (χ1v) is 6.07. The quantitative estimate of drug-likeness (QED) is 0.840. The lowest BCUT2D eigenvalue weighted by Crippen LogP contribution is -2.28. The lowest BCUT2D eigenvalue weighted by atomic mass is 10.2. The molecule has 1 heterocycles. The van der Waals surface area contributed by atoms with E-state index < -0.39 is 0 Å². The molecule has 96 valence electrons. The summed E-state index contributed by atoms with van der Waals surface area (Å²) in [5.74, 6) is 0.871. The summed E-state index contributed by atoms with van der Waals surface area (Å²) in [5, 5.41) is 11.2. The Balaban J connectivity index is 2.01. The van der Waals surface area contributed by atoms with Crippen molar-refractivity contribution >= 4 is 0 Å². The monoisotopic (exact) mass is 246 g/mol. The van der Waals surface area contributed by atoms with E-state index in [9.17, 15) is 0 Å². The Morgan fingerprint density at radius 3 is 2.72 bits per heavy atom. The summed E-state index contributed by atoms with van der Waals surface area (Å²) in [6, 6.07) is 9.89. The molecule has 1 aromatic heterocycles. The Hall–Kier alpha value is -1.88. The lowest BCUT2D eigenvalue weighted by molar-refractivity contribution is 0.262. The molecule has 1 N–H and O–H groups in total. The molecule has 0 aliphatic rings. The summed E-state index contributed by atoms with van der Waals surface area (Å²) < 4.78 is 7.53. The predicted molar refractivity (Wildman–Crippen MR) is 69.4 cm³/mol. The van der Waals surface area contributed by atoms with Gasteiger partial charge >= 0.3 is 0 Å². The Kier molecular flexibility index (Phi) is 4.30. The highest BCUT2D eigenvalue weighted by molar-refractivity contribution is 5.21. The van der Waals surface area contributed by atoms with Crippen LogP contribution in [-0.4, -0.2) is 28.1 Å². The number of aromatic nitrogens is 3. The van der Waals surface area contributed by atoms with Crippen LogP contribution in [0.5, 0.6) is 5.75 Å². The summed E-state index contributed by atoms with van der Waals surface area (Å²) in [4.78, 5) is 0. The fourth-order valence-corrected chi connectivity index (χ4v) is 1.80. The summed E-state index contributed by atoms with van der Waals surface area (Å²) in [5.41, 5.74) is 1.02. The Morgan fingerprint density at radius 1 is 1.33 bits per heavy atom. The molecule has 1 atom stereocenters. The van der Waals surface area contributed by atoms with Crippen molar-refractivity contribution in [2.45, 2.75) is 13.0 Å². The highest BCUT2D eigenvalue weighted by Gasteiger charge is 2.15. The largest absolute Gasteiger partial charge is 0.492 e. The molecule has 5 heteroatoms. The van der Waals surface area contributed by atoms with Gasteiger partial charge in [0.05, 0.1) is 17.9 Å². The van der Waals surface area contributed by atoms with Gasteiger partial charge in [-0.3, -0.25) is 4.68 Å². The zero-order valence-electron chi connectivity index (χ0n) is 10.7. The van der Waals surface area contributed by atoms with E-state index in [0.29, 0.717) is 6.61 Å². The molecule has 18 heavy (non-hydrogen) atoms. The molecular formula is C13H18N4O. The van der Waals surface area contributed by atoms with E-state index in [0.717, 1.165) is 18.0 Å². The molecule has 2 aromatic rings. The number of aryl methyl sites for hydroxylation is 1. The van der Waals surface area contributed by atoms with Gasteiger partial charge in [0, 0.05) is 7.05 Å². The molecule has 1 aromatic carbocycles. The smallest absolute Gasteiger partial charge is 0.119 e. The summed E-state index contributed by atoms with van der Waals surface area (Å²) >= 11 is 0. The summed E-state index contributed by atoms with van der Waals surface area (Å²) in [6.07, 6.45) is 1.77. The molecule has 0 saturated carbocycles. The van der Waals surface area contributed by atoms with Crippen molar-refractivity contribution in [3.8, 4) is 5.75 Å². The van der Waals surface area contributed by atoms with E-state index in [4.69, 9.17) is 4.74 Å². The molecule has 0 saturated heterocycles. The van der Waals surface area contributed by atoms with Crippen LogP contribution in [0.1, 0.15) is 18.7 Å². The molecule has 2 rings (SSSR count). The summed E-state index contributed by atoms with van der Waals surface area (Å²) in [6.45, 7) is 3.49. The van der Waals surface area contributed by atoms with Crippen molar-refractivity contribution in [2.24, 2.45) is 7.05 Å². The number of nitrogens with one attached hydrogen (secondary N) is 1. The van der Waals surface area contributed by atoms with Crippen molar-refractivity contribution in [2.75, 3.05) is 13.2 Å². The lowest BCUT2D eigenvalue weighted by Gasteiger charge is -2.18. The van der Waals surface area contributed by atoms with Crippen LogP contribution in [0.3, 0.4) is 0 Å². The maximum Gasteiger partial charge on any atom is 0.119 e. The van der Waals surface area contributed by atoms with Crippen molar-refractivity contribution in [1.82, 2.24) is 20.3 Å². The van der Waals surface area contributed by atoms with Crippen LogP contribution in [0, 0.1) is 0 Å². The molecule has 5 nitrogen and oxygen atoms in total. The van der Waals surface area contributed by atoms with Gasteiger partial charge in [-0.15, -0.1) is 5.10 Å². The average Bonchev–Trinajstić information content (AvgIpc) is 2.82.